The van der Waals surface area contributed by atoms with Crippen molar-refractivity contribution in [2.24, 2.45) is 45.3 Å². The maximum Gasteiger partial charge on any atom is 0.410 e. The van der Waals surface area contributed by atoms with Crippen LogP contribution in [-0.4, -0.2) is 135 Å². The van der Waals surface area contributed by atoms with E-state index in [0.29, 0.717) is 107 Å². The van der Waals surface area contributed by atoms with Crippen molar-refractivity contribution >= 4 is 72.8 Å². The highest BCUT2D eigenvalue weighted by atomic mass is 35.5. The van der Waals surface area contributed by atoms with Gasteiger partial charge in [0.1, 0.15) is 37.3 Å². The monoisotopic (exact) mass is 1420 g/mol. The number of nitrogens with zero attached hydrogens (tertiary/aromatic N) is 9. The van der Waals surface area contributed by atoms with Gasteiger partial charge in [0.15, 0.2) is 11.6 Å². The average Bonchev–Trinajstić information content (AvgIpc) is 1.45. The summed E-state index contributed by atoms with van der Waals surface area (Å²) in [6, 6.07) is 15.4. The molecule has 0 bridgehead atoms. The molecule has 14 rings (SSSR count). The summed E-state index contributed by atoms with van der Waals surface area (Å²) in [5.74, 6) is 3.43. The molecule has 3 amide bonds. The van der Waals surface area contributed by atoms with E-state index in [0.717, 1.165) is 51.6 Å². The molecule has 28 heteroatoms. The van der Waals surface area contributed by atoms with Crippen LogP contribution in [0.5, 0.6) is 11.8 Å². The smallest absolute Gasteiger partial charge is 0.410 e. The van der Waals surface area contributed by atoms with Gasteiger partial charge in [-0.2, -0.15) is 0 Å². The SMILES string of the molecule is C.CC(C)(C)OC(=O)N1CC(CCCCNc2ccc(S(=O)(=O)NC(=O)c3ccc(-n4ccc(OCC5C6(CC6)C56CC6)n4)nc3Cl)cn2)CC1(C)C.CC1(C)CC(CCCCNc2ccc(S(=O)(=O)NC(=O)c3ccc(-n4ccc(OCC5C6(CC6)C56CC6)n4)nc3Cl)cn2)CN1. The number of hydrogen-bond acceptors (Lipinski definition) is 19. The highest BCUT2D eigenvalue weighted by Crippen LogP contribution is 2.93. The maximum absolute atomic E-state index is 13.0. The van der Waals surface area contributed by atoms with E-state index in [2.05, 4.69) is 83.2 Å². The van der Waals surface area contributed by atoms with Crippen molar-refractivity contribution in [1.29, 1.82) is 0 Å². The number of anilines is 2. The van der Waals surface area contributed by atoms with Gasteiger partial charge < -0.3 is 35.1 Å². The molecule has 8 aliphatic rings. The maximum atomic E-state index is 13.0. The first-order chi connectivity index (χ1) is 46.0. The first kappa shape index (κ1) is 70.7. The van der Waals surface area contributed by atoms with Crippen LogP contribution in [0.3, 0.4) is 0 Å². The van der Waals surface area contributed by atoms with Crippen LogP contribution in [0.1, 0.15) is 179 Å². The zero-order valence-electron chi connectivity index (χ0n) is 56.1. The molecule has 4 spiro atoms. The van der Waals surface area contributed by atoms with E-state index in [4.69, 9.17) is 37.4 Å². The minimum atomic E-state index is -4.23. The van der Waals surface area contributed by atoms with Crippen LogP contribution < -0.4 is 34.9 Å². The number of halogens is 2. The molecular formula is C70H92Cl2N14O10S2. The number of sulfonamides is 2. The van der Waals surface area contributed by atoms with Gasteiger partial charge in [-0.25, -0.2) is 60.4 Å². The number of carbonyl (C=O) groups is 3. The number of aromatic nitrogens is 8. The first-order valence-corrected chi connectivity index (χ1v) is 37.8. The third-order valence-electron chi connectivity index (χ3n) is 21.7. The van der Waals surface area contributed by atoms with Crippen molar-refractivity contribution in [3.63, 3.8) is 0 Å². The van der Waals surface area contributed by atoms with Crippen molar-refractivity contribution in [2.45, 2.75) is 185 Å². The van der Waals surface area contributed by atoms with E-state index >= 15 is 0 Å². The lowest BCUT2D eigenvalue weighted by atomic mass is 9.93. The number of rotatable bonds is 26. The Morgan fingerprint density at radius 3 is 1.42 bits per heavy atom. The third kappa shape index (κ3) is 15.0. The Morgan fingerprint density at radius 2 is 1.04 bits per heavy atom. The molecule has 2 saturated heterocycles. The number of nitrogens with one attached hydrogen (secondary N) is 5. The zero-order valence-corrected chi connectivity index (χ0v) is 59.3. The third-order valence-corrected chi connectivity index (χ3v) is 24.9. The largest absolute Gasteiger partial charge is 0.476 e. The normalized spacial score (nSPS) is 21.2. The van der Waals surface area contributed by atoms with E-state index in [-0.39, 0.29) is 55.8 Å². The molecule has 6 aliphatic carbocycles. The number of ether oxygens (including phenoxy) is 3. The topological polar surface area (TPSA) is 298 Å². The van der Waals surface area contributed by atoms with E-state index in [1.54, 1.807) is 48.8 Å². The Kier molecular flexibility index (Phi) is 19.3. The molecule has 6 aromatic heterocycles. The summed E-state index contributed by atoms with van der Waals surface area (Å²) < 4.78 is 76.6. The molecule has 2 aliphatic heterocycles. The lowest BCUT2D eigenvalue weighted by Gasteiger charge is -2.33. The Labute approximate surface area is 584 Å². The van der Waals surface area contributed by atoms with Crippen LogP contribution >= 0.6 is 23.2 Å². The van der Waals surface area contributed by atoms with Crippen LogP contribution in [0.2, 0.25) is 10.3 Å². The van der Waals surface area contributed by atoms with Gasteiger partial charge in [-0.3, -0.25) is 9.59 Å². The van der Waals surface area contributed by atoms with Crippen molar-refractivity contribution in [2.75, 3.05) is 50.0 Å². The number of unbranched alkanes of at least 4 members (excludes halogenated alkanes) is 2. The van der Waals surface area contributed by atoms with E-state index < -0.39 is 37.5 Å². The molecule has 5 N–H and O–H groups in total. The Bertz CT molecular complexity index is 4150. The van der Waals surface area contributed by atoms with Crippen LogP contribution in [-0.2, 0) is 24.8 Å². The van der Waals surface area contributed by atoms with Gasteiger partial charge >= 0.3 is 6.09 Å². The fourth-order valence-electron chi connectivity index (χ4n) is 16.1. The highest BCUT2D eigenvalue weighted by molar-refractivity contribution is 7.90. The van der Waals surface area contributed by atoms with Crippen molar-refractivity contribution in [1.82, 2.24) is 59.2 Å². The highest BCUT2D eigenvalue weighted by Gasteiger charge is 2.87. The molecule has 8 fully saturated rings. The molecule has 0 radical (unpaired) electrons. The Hall–Kier alpha value is -7.13. The van der Waals surface area contributed by atoms with Crippen molar-refractivity contribution in [3.05, 3.63) is 107 Å². The van der Waals surface area contributed by atoms with E-state index in [1.165, 1.54) is 110 Å². The van der Waals surface area contributed by atoms with Gasteiger partial charge in [0.2, 0.25) is 11.8 Å². The Morgan fingerprint density at radius 1 is 0.602 bits per heavy atom. The summed E-state index contributed by atoms with van der Waals surface area (Å²) in [4.78, 5) is 57.1. The summed E-state index contributed by atoms with van der Waals surface area (Å²) in [7, 11) is -8.41. The molecule has 24 nitrogen and oxygen atoms in total. The van der Waals surface area contributed by atoms with E-state index in [9.17, 15) is 31.2 Å². The number of pyridine rings is 4. The van der Waals surface area contributed by atoms with Crippen LogP contribution in [0.4, 0.5) is 16.4 Å². The summed E-state index contributed by atoms with van der Waals surface area (Å²) in [6.07, 6.45) is 24.4. The lowest BCUT2D eigenvalue weighted by Crippen LogP contribution is -2.45. The Balaban J connectivity index is 0.000000186. The molecule has 6 aromatic rings. The van der Waals surface area contributed by atoms with Gasteiger partial charge in [-0.1, -0.05) is 43.5 Å². The predicted molar refractivity (Wildman–Crippen MR) is 372 cm³/mol. The first-order valence-electron chi connectivity index (χ1n) is 34.0. The van der Waals surface area contributed by atoms with Gasteiger partial charge in [-0.05, 0) is 227 Å². The zero-order chi connectivity index (χ0) is 68.6. The minimum Gasteiger partial charge on any atom is -0.476 e. The number of likely N-dealkylation sites (tertiary alicyclic amines) is 1. The summed E-state index contributed by atoms with van der Waals surface area (Å²) >= 11 is 12.7. The number of carbonyl (C=O) groups excluding carboxylic acids is 3. The van der Waals surface area contributed by atoms with Crippen molar-refractivity contribution in [3.8, 4) is 23.4 Å². The number of amides is 3. The van der Waals surface area contributed by atoms with Gasteiger partial charge in [0.25, 0.3) is 31.9 Å². The second-order valence-corrected chi connectivity index (χ2v) is 34.4. The standard InChI is InChI=1S/C37H48ClN7O6S.C32H40ClN7O4S.CH4/c1-34(2,3)51-33(47)44-22-24(20-35(44,4)5)8-6-7-18-39-28-11-9-25(21-40-28)52(48,49)43-32(46)26-10-12-29(41-31(26)38)45-19-13-30(42-45)50-23-27-36(14-15-36)37(27)16-17-37;1-30(2)17-21(18-36-30)5-3-4-15-34-25-8-6-22(19-35-25)45(42,43)39-29(41)23-7-9-26(37-28(23)33)40-16-10-27(38-40)44-20-24-31(11-12-31)32(24)13-14-32;/h9-13,19,21,24,27H,6-8,14-18,20,22-23H2,1-5H3,(H,39,40)(H,43,46);6-10,16,19,21,24,36H,3-5,11-15,17-18,20H2,1-2H3,(H,34,35)(H,39,41);1H4. The fourth-order valence-corrected chi connectivity index (χ4v) is 18.4. The summed E-state index contributed by atoms with van der Waals surface area (Å²) in [5.41, 5.74) is 1.52. The lowest BCUT2D eigenvalue weighted by molar-refractivity contribution is 0.0130. The van der Waals surface area contributed by atoms with Crippen LogP contribution in [0, 0.1) is 45.3 Å². The molecule has 0 aromatic carbocycles. The summed E-state index contributed by atoms with van der Waals surface area (Å²) in [6.45, 7) is 18.8. The number of fused-ring (bicyclic) bond motifs is 2. The molecular weight excluding hydrogens is 1330 g/mol. The summed E-state index contributed by atoms with van der Waals surface area (Å²) in [5, 5.41) is 18.6. The van der Waals surface area contributed by atoms with Gasteiger partial charge in [0.05, 0.1) is 24.3 Å². The second-order valence-electron chi connectivity index (χ2n) is 30.3. The van der Waals surface area contributed by atoms with Crippen LogP contribution in [0.15, 0.2) is 95.2 Å². The van der Waals surface area contributed by atoms with Crippen molar-refractivity contribution < 1.29 is 45.4 Å². The molecule has 528 valence electrons. The fraction of sp³-hybridized carbons (Fsp3) is 0.586. The second kappa shape index (κ2) is 26.8. The quantitative estimate of drug-likeness (QED) is 0.0249. The average molecular weight is 1420 g/mol. The molecule has 2 unspecified atom stereocenters. The molecule has 8 heterocycles. The van der Waals surface area contributed by atoms with Crippen LogP contribution in [0.25, 0.3) is 11.6 Å². The van der Waals surface area contributed by atoms with E-state index in [1.807, 2.05) is 25.7 Å². The molecule has 6 saturated carbocycles. The molecule has 2 atom stereocenters. The van der Waals surface area contributed by atoms with Gasteiger partial charge in [-0.15, -0.1) is 10.2 Å². The molecule has 98 heavy (non-hydrogen) atoms. The minimum absolute atomic E-state index is 0. The number of hydrogen-bond donors (Lipinski definition) is 5. The van der Waals surface area contributed by atoms with Gasteiger partial charge in [0, 0.05) is 79.5 Å². The predicted octanol–water partition coefficient (Wildman–Crippen LogP) is 12.2.